The summed E-state index contributed by atoms with van der Waals surface area (Å²) >= 11 is 1.28. The summed E-state index contributed by atoms with van der Waals surface area (Å²) in [7, 11) is 2.01. The van der Waals surface area contributed by atoms with Gasteiger partial charge in [0.1, 0.15) is 0 Å². The van der Waals surface area contributed by atoms with Crippen LogP contribution in [0.3, 0.4) is 0 Å². The molecule has 0 saturated carbocycles. The molecule has 28 heavy (non-hydrogen) atoms. The normalized spacial score (nSPS) is 13.3. The zero-order valence-electron chi connectivity index (χ0n) is 16.1. The number of amides is 3. The second-order valence-electron chi connectivity index (χ2n) is 6.83. The number of hydrogen-bond donors (Lipinski definition) is 1. The lowest BCUT2D eigenvalue weighted by Gasteiger charge is -2.15. The minimum atomic E-state index is -0.297. The van der Waals surface area contributed by atoms with Gasteiger partial charge in [0.05, 0.1) is 17.7 Å². The van der Waals surface area contributed by atoms with E-state index in [9.17, 15) is 14.4 Å². The van der Waals surface area contributed by atoms with E-state index in [4.69, 9.17) is 0 Å². The number of anilines is 1. The van der Waals surface area contributed by atoms with Gasteiger partial charge in [0.25, 0.3) is 11.8 Å². The van der Waals surface area contributed by atoms with Crippen LogP contribution in [0.2, 0.25) is 0 Å². The van der Waals surface area contributed by atoms with Crippen molar-refractivity contribution in [3.8, 4) is 0 Å². The first-order valence-corrected chi connectivity index (χ1v) is 10.2. The zero-order chi connectivity index (χ0) is 20.1. The number of fused-ring (bicyclic) bond motifs is 1. The third kappa shape index (κ3) is 4.63. The van der Waals surface area contributed by atoms with Crippen molar-refractivity contribution in [3.05, 3.63) is 46.5 Å². The summed E-state index contributed by atoms with van der Waals surface area (Å²) in [5.41, 5.74) is 0.857. The summed E-state index contributed by atoms with van der Waals surface area (Å²) in [4.78, 5) is 45.3. The van der Waals surface area contributed by atoms with Crippen LogP contribution in [0.1, 0.15) is 51.8 Å². The molecule has 0 spiro atoms. The molecule has 0 aliphatic carbocycles. The second kappa shape index (κ2) is 9.07. The largest absolute Gasteiger partial charge is 0.306 e. The molecule has 0 radical (unpaired) electrons. The van der Waals surface area contributed by atoms with Gasteiger partial charge in [-0.3, -0.25) is 19.3 Å². The lowest BCUT2D eigenvalue weighted by atomic mass is 10.1. The molecule has 0 saturated heterocycles. The maximum absolute atomic E-state index is 12.4. The fraction of sp³-hybridized carbons (Fsp3) is 0.400. The molecule has 3 amide bonds. The van der Waals surface area contributed by atoms with Gasteiger partial charge in [0.2, 0.25) is 5.91 Å². The van der Waals surface area contributed by atoms with Crippen LogP contribution in [0, 0.1) is 0 Å². The average Bonchev–Trinajstić information content (AvgIpc) is 3.23. The third-order valence-electron chi connectivity index (χ3n) is 4.61. The lowest BCUT2D eigenvalue weighted by Crippen LogP contribution is -2.28. The first-order chi connectivity index (χ1) is 13.5. The number of nitrogens with zero attached hydrogens (tertiary/aromatic N) is 3. The van der Waals surface area contributed by atoms with E-state index in [1.807, 2.05) is 7.05 Å². The van der Waals surface area contributed by atoms with Gasteiger partial charge in [-0.25, -0.2) is 4.98 Å². The SMILES string of the molecule is CCCCN(C)CCC(=O)Nc1ncc(CN2C(=O)c3ccccc3C2=O)s1. The summed E-state index contributed by atoms with van der Waals surface area (Å²) < 4.78 is 0. The maximum atomic E-state index is 12.4. The topological polar surface area (TPSA) is 82.6 Å². The van der Waals surface area contributed by atoms with Crippen molar-refractivity contribution in [3.63, 3.8) is 0 Å². The van der Waals surface area contributed by atoms with E-state index in [1.165, 1.54) is 16.2 Å². The molecule has 1 aromatic carbocycles. The molecule has 1 aliphatic heterocycles. The number of aromatic nitrogens is 1. The van der Waals surface area contributed by atoms with Crippen LogP contribution >= 0.6 is 11.3 Å². The molecule has 0 atom stereocenters. The Hall–Kier alpha value is -2.58. The quantitative estimate of drug-likeness (QED) is 0.655. The molecule has 2 heterocycles. The fourth-order valence-corrected chi connectivity index (χ4v) is 3.81. The number of rotatable bonds is 9. The van der Waals surface area contributed by atoms with Crippen molar-refractivity contribution in [1.29, 1.82) is 0 Å². The van der Waals surface area contributed by atoms with Crippen LogP contribution in [-0.2, 0) is 11.3 Å². The van der Waals surface area contributed by atoms with Crippen LogP contribution in [0.25, 0.3) is 0 Å². The van der Waals surface area contributed by atoms with Gasteiger partial charge in [0, 0.05) is 24.0 Å². The van der Waals surface area contributed by atoms with Gasteiger partial charge in [-0.2, -0.15) is 0 Å². The number of hydrogen-bond acceptors (Lipinski definition) is 6. The van der Waals surface area contributed by atoms with Crippen LogP contribution in [0.4, 0.5) is 5.13 Å². The van der Waals surface area contributed by atoms with Gasteiger partial charge >= 0.3 is 0 Å². The second-order valence-corrected chi connectivity index (χ2v) is 7.94. The highest BCUT2D eigenvalue weighted by Gasteiger charge is 2.35. The highest BCUT2D eigenvalue weighted by Crippen LogP contribution is 2.27. The first kappa shape index (κ1) is 20.2. The maximum Gasteiger partial charge on any atom is 0.261 e. The van der Waals surface area contributed by atoms with Crippen molar-refractivity contribution in [2.45, 2.75) is 32.7 Å². The van der Waals surface area contributed by atoms with Crippen molar-refractivity contribution in [1.82, 2.24) is 14.8 Å². The van der Waals surface area contributed by atoms with E-state index in [0.29, 0.717) is 29.2 Å². The number of thiazole rings is 1. The average molecular weight is 401 g/mol. The highest BCUT2D eigenvalue weighted by atomic mass is 32.1. The van der Waals surface area contributed by atoms with Gasteiger partial charge in [-0.15, -0.1) is 0 Å². The highest BCUT2D eigenvalue weighted by molar-refractivity contribution is 7.15. The molecular formula is C20H24N4O3S. The zero-order valence-corrected chi connectivity index (χ0v) is 16.9. The minimum Gasteiger partial charge on any atom is -0.306 e. The number of carbonyl (C=O) groups excluding carboxylic acids is 3. The van der Waals surface area contributed by atoms with E-state index in [-0.39, 0.29) is 24.3 Å². The minimum absolute atomic E-state index is 0.0926. The van der Waals surface area contributed by atoms with Crippen LogP contribution in [0.15, 0.2) is 30.5 Å². The molecule has 1 aromatic heterocycles. The Morgan fingerprint density at radius 1 is 1.18 bits per heavy atom. The number of carbonyl (C=O) groups is 3. The molecule has 1 N–H and O–H groups in total. The Balaban J connectivity index is 1.53. The van der Waals surface area contributed by atoms with Crippen LogP contribution in [-0.4, -0.2) is 52.6 Å². The summed E-state index contributed by atoms with van der Waals surface area (Å²) in [6, 6.07) is 6.80. The van der Waals surface area contributed by atoms with Crippen LogP contribution < -0.4 is 5.32 Å². The Bertz CT molecular complexity index is 845. The summed E-state index contributed by atoms with van der Waals surface area (Å²) in [6.45, 7) is 3.97. The van der Waals surface area contributed by atoms with E-state index in [2.05, 4.69) is 22.1 Å². The molecule has 2 aromatic rings. The van der Waals surface area contributed by atoms with Gasteiger partial charge < -0.3 is 10.2 Å². The standard InChI is InChI=1S/C20H24N4O3S/c1-3-4-10-23(2)11-9-17(25)22-20-21-12-14(28-20)13-24-18(26)15-7-5-6-8-16(15)19(24)27/h5-8,12H,3-4,9-11,13H2,1-2H3,(H,21,22,25). The Labute approximate surface area is 168 Å². The summed E-state index contributed by atoms with van der Waals surface area (Å²) in [6.07, 6.45) is 4.24. The van der Waals surface area contributed by atoms with Gasteiger partial charge in [-0.05, 0) is 32.1 Å². The Morgan fingerprint density at radius 3 is 2.50 bits per heavy atom. The monoisotopic (exact) mass is 400 g/mol. The first-order valence-electron chi connectivity index (χ1n) is 9.38. The molecule has 7 nitrogen and oxygen atoms in total. The van der Waals surface area contributed by atoms with Crippen LogP contribution in [0.5, 0.6) is 0 Å². The number of benzene rings is 1. The van der Waals surface area contributed by atoms with E-state index in [1.54, 1.807) is 30.5 Å². The summed E-state index contributed by atoms with van der Waals surface area (Å²) in [5.74, 6) is -0.686. The van der Waals surface area contributed by atoms with Crippen molar-refractivity contribution >= 4 is 34.2 Å². The number of unbranched alkanes of at least 4 members (excludes halogenated alkanes) is 1. The molecule has 0 bridgehead atoms. The lowest BCUT2D eigenvalue weighted by molar-refractivity contribution is -0.116. The van der Waals surface area contributed by atoms with Crippen molar-refractivity contribution < 1.29 is 14.4 Å². The Kier molecular flexibility index (Phi) is 6.53. The van der Waals surface area contributed by atoms with E-state index >= 15 is 0 Å². The predicted molar refractivity (Wildman–Crippen MR) is 108 cm³/mol. The van der Waals surface area contributed by atoms with E-state index in [0.717, 1.165) is 24.3 Å². The molecule has 3 rings (SSSR count). The molecule has 0 fully saturated rings. The van der Waals surface area contributed by atoms with Crippen molar-refractivity contribution in [2.75, 3.05) is 25.5 Å². The predicted octanol–water partition coefficient (Wildman–Crippen LogP) is 3.00. The third-order valence-corrected chi connectivity index (χ3v) is 5.50. The molecule has 148 valence electrons. The van der Waals surface area contributed by atoms with Crippen molar-refractivity contribution in [2.24, 2.45) is 0 Å². The fourth-order valence-electron chi connectivity index (χ4n) is 2.99. The summed E-state index contributed by atoms with van der Waals surface area (Å²) in [5, 5.41) is 3.27. The van der Waals surface area contributed by atoms with E-state index < -0.39 is 0 Å². The molecule has 8 heteroatoms. The smallest absolute Gasteiger partial charge is 0.261 e. The van der Waals surface area contributed by atoms with Gasteiger partial charge in [-0.1, -0.05) is 36.8 Å². The van der Waals surface area contributed by atoms with Gasteiger partial charge in [0.15, 0.2) is 5.13 Å². The molecule has 0 unspecified atom stereocenters. The number of nitrogens with one attached hydrogen (secondary N) is 1. The molecular weight excluding hydrogens is 376 g/mol. The Morgan fingerprint density at radius 2 is 1.86 bits per heavy atom. The molecule has 1 aliphatic rings. The number of imide groups is 1.